The maximum absolute atomic E-state index is 12.8. The van der Waals surface area contributed by atoms with Crippen molar-refractivity contribution in [1.82, 2.24) is 0 Å². The van der Waals surface area contributed by atoms with Crippen LogP contribution in [0.3, 0.4) is 0 Å². The molecule has 5 nitrogen and oxygen atoms in total. The first-order valence-electron chi connectivity index (χ1n) is 4.30. The zero-order valence-electron chi connectivity index (χ0n) is 7.64. The lowest BCUT2D eigenvalue weighted by atomic mass is 10.2. The summed E-state index contributed by atoms with van der Waals surface area (Å²) in [4.78, 5) is 14.0. The number of nitro groups is 1. The molecule has 0 N–H and O–H groups in total. The topological polar surface area (TPSA) is 64.7 Å². The molecule has 0 saturated heterocycles. The van der Waals surface area contributed by atoms with Gasteiger partial charge in [-0.3, -0.25) is 10.1 Å². The van der Waals surface area contributed by atoms with Gasteiger partial charge in [-0.15, -0.1) is 0 Å². The van der Waals surface area contributed by atoms with E-state index >= 15 is 0 Å². The molecule has 78 valence electrons. The Balaban J connectivity index is 2.50. The second kappa shape index (κ2) is 3.64. The second-order valence-corrected chi connectivity index (χ2v) is 2.95. The third kappa shape index (κ3) is 1.78. The van der Waals surface area contributed by atoms with Gasteiger partial charge in [-0.05, 0) is 12.1 Å². The molecule has 6 heteroatoms. The molecular formula is C9H7FN2O3. The molecule has 0 aromatic heterocycles. The Morgan fingerprint density at radius 1 is 1.53 bits per heavy atom. The molecule has 0 amide bonds. The highest BCUT2D eigenvalue weighted by molar-refractivity contribution is 5.98. The number of aliphatic imine (C=N–C) groups is 1. The van der Waals surface area contributed by atoms with Crippen LogP contribution in [-0.2, 0) is 4.74 Å². The fraction of sp³-hybridized carbons (Fsp3) is 0.222. The number of rotatable bonds is 2. The summed E-state index contributed by atoms with van der Waals surface area (Å²) in [6.45, 7) is 0.883. The van der Waals surface area contributed by atoms with Crippen LogP contribution in [0.2, 0.25) is 0 Å². The summed E-state index contributed by atoms with van der Waals surface area (Å²) in [6.07, 6.45) is 0. The Morgan fingerprint density at radius 3 is 2.93 bits per heavy atom. The number of ether oxygens (including phenoxy) is 1. The van der Waals surface area contributed by atoms with Gasteiger partial charge < -0.3 is 4.74 Å². The summed E-state index contributed by atoms with van der Waals surface area (Å²) in [6, 6.07) is 3.31. The predicted octanol–water partition coefficient (Wildman–Crippen LogP) is 1.51. The first kappa shape index (κ1) is 9.57. The van der Waals surface area contributed by atoms with Crippen LogP contribution in [-0.4, -0.2) is 24.0 Å². The van der Waals surface area contributed by atoms with Crippen LogP contribution in [0.15, 0.2) is 23.2 Å². The second-order valence-electron chi connectivity index (χ2n) is 2.95. The number of nitro benzene ring substituents is 1. The van der Waals surface area contributed by atoms with Gasteiger partial charge in [0.1, 0.15) is 18.0 Å². The van der Waals surface area contributed by atoms with Gasteiger partial charge in [0.15, 0.2) is 0 Å². The normalized spacial score (nSPS) is 14.6. The Bertz CT molecular complexity index is 445. The Labute approximate surface area is 84.3 Å². The summed E-state index contributed by atoms with van der Waals surface area (Å²) < 4.78 is 17.9. The number of benzene rings is 1. The zero-order chi connectivity index (χ0) is 10.8. The molecule has 0 atom stereocenters. The van der Waals surface area contributed by atoms with Crippen molar-refractivity contribution in [2.75, 3.05) is 13.2 Å². The minimum Gasteiger partial charge on any atom is -0.475 e. The molecule has 1 aliphatic rings. The van der Waals surface area contributed by atoms with Crippen molar-refractivity contribution in [1.29, 1.82) is 0 Å². The van der Waals surface area contributed by atoms with Gasteiger partial charge >= 0.3 is 0 Å². The lowest BCUT2D eigenvalue weighted by Crippen LogP contribution is -2.05. The zero-order valence-corrected chi connectivity index (χ0v) is 7.64. The van der Waals surface area contributed by atoms with E-state index in [0.29, 0.717) is 13.2 Å². The molecule has 0 spiro atoms. The summed E-state index contributed by atoms with van der Waals surface area (Å²) in [5, 5.41) is 10.7. The predicted molar refractivity (Wildman–Crippen MR) is 50.4 cm³/mol. The highest BCUT2D eigenvalue weighted by Gasteiger charge is 2.22. The molecule has 0 unspecified atom stereocenters. The van der Waals surface area contributed by atoms with E-state index in [-0.39, 0.29) is 17.1 Å². The highest BCUT2D eigenvalue weighted by atomic mass is 19.1. The fourth-order valence-electron chi connectivity index (χ4n) is 1.33. The smallest absolute Gasteiger partial charge is 0.284 e. The Hall–Kier alpha value is -1.98. The Morgan fingerprint density at radius 2 is 2.33 bits per heavy atom. The molecule has 1 aliphatic heterocycles. The molecule has 1 aromatic carbocycles. The van der Waals surface area contributed by atoms with E-state index in [1.54, 1.807) is 0 Å². The third-order valence-electron chi connectivity index (χ3n) is 1.97. The third-order valence-corrected chi connectivity index (χ3v) is 1.97. The fourth-order valence-corrected chi connectivity index (χ4v) is 1.33. The average Bonchev–Trinajstić information content (AvgIpc) is 2.70. The van der Waals surface area contributed by atoms with E-state index in [4.69, 9.17) is 4.74 Å². The number of hydrogen-bond acceptors (Lipinski definition) is 4. The van der Waals surface area contributed by atoms with Crippen LogP contribution < -0.4 is 0 Å². The molecule has 0 saturated carbocycles. The monoisotopic (exact) mass is 210 g/mol. The van der Waals surface area contributed by atoms with Crippen molar-refractivity contribution in [2.45, 2.75) is 0 Å². The minimum atomic E-state index is -0.650. The van der Waals surface area contributed by atoms with Crippen LogP contribution in [0.25, 0.3) is 0 Å². The molecule has 1 aromatic rings. The van der Waals surface area contributed by atoms with Crippen molar-refractivity contribution in [2.24, 2.45) is 4.99 Å². The van der Waals surface area contributed by atoms with Crippen LogP contribution in [0, 0.1) is 15.9 Å². The summed E-state index contributed by atoms with van der Waals surface area (Å²) in [5.74, 6) is -0.439. The van der Waals surface area contributed by atoms with Gasteiger partial charge in [-0.1, -0.05) is 0 Å². The number of halogens is 1. The van der Waals surface area contributed by atoms with Gasteiger partial charge in [0.2, 0.25) is 5.90 Å². The van der Waals surface area contributed by atoms with E-state index in [1.807, 2.05) is 0 Å². The number of hydrogen-bond donors (Lipinski definition) is 0. The van der Waals surface area contributed by atoms with Gasteiger partial charge in [-0.25, -0.2) is 9.38 Å². The molecule has 1 heterocycles. The van der Waals surface area contributed by atoms with E-state index in [1.165, 1.54) is 6.07 Å². The van der Waals surface area contributed by atoms with E-state index < -0.39 is 10.7 Å². The lowest BCUT2D eigenvalue weighted by molar-refractivity contribution is -0.385. The molecule has 2 rings (SSSR count). The largest absolute Gasteiger partial charge is 0.475 e. The van der Waals surface area contributed by atoms with Gasteiger partial charge in [0.05, 0.1) is 17.5 Å². The molecule has 0 bridgehead atoms. The van der Waals surface area contributed by atoms with E-state index in [0.717, 1.165) is 12.1 Å². The van der Waals surface area contributed by atoms with Crippen molar-refractivity contribution in [3.8, 4) is 0 Å². The summed E-state index contributed by atoms with van der Waals surface area (Å²) in [5.41, 5.74) is -0.102. The van der Waals surface area contributed by atoms with Crippen LogP contribution >= 0.6 is 0 Å². The first-order valence-corrected chi connectivity index (χ1v) is 4.30. The summed E-state index contributed by atoms with van der Waals surface area (Å²) >= 11 is 0. The quantitative estimate of drug-likeness (QED) is 0.549. The van der Waals surface area contributed by atoms with Crippen molar-refractivity contribution in [3.05, 3.63) is 39.7 Å². The van der Waals surface area contributed by atoms with Crippen molar-refractivity contribution >= 4 is 11.6 Å². The maximum atomic E-state index is 12.8. The van der Waals surface area contributed by atoms with Crippen LogP contribution in [0.4, 0.5) is 10.1 Å². The van der Waals surface area contributed by atoms with E-state index in [9.17, 15) is 14.5 Å². The van der Waals surface area contributed by atoms with Gasteiger partial charge in [-0.2, -0.15) is 0 Å². The lowest BCUT2D eigenvalue weighted by Gasteiger charge is -2.02. The van der Waals surface area contributed by atoms with Crippen LogP contribution in [0.1, 0.15) is 5.56 Å². The van der Waals surface area contributed by atoms with Crippen molar-refractivity contribution < 1.29 is 14.1 Å². The Kier molecular flexibility index (Phi) is 2.32. The maximum Gasteiger partial charge on any atom is 0.284 e. The number of nitrogens with zero attached hydrogens (tertiary/aromatic N) is 2. The molecule has 0 aliphatic carbocycles. The van der Waals surface area contributed by atoms with Gasteiger partial charge in [0, 0.05) is 0 Å². The molecule has 15 heavy (non-hydrogen) atoms. The van der Waals surface area contributed by atoms with Crippen LogP contribution in [0.5, 0.6) is 0 Å². The SMILES string of the molecule is O=[N+]([O-])c1cc(F)ccc1C1=NCCO1. The van der Waals surface area contributed by atoms with Gasteiger partial charge in [0.25, 0.3) is 5.69 Å². The molecule has 0 radical (unpaired) electrons. The minimum absolute atomic E-state index is 0.210. The standard InChI is InChI=1S/C9H7FN2O3/c10-6-1-2-7(8(5-6)12(13)14)9-11-3-4-15-9/h1-2,5H,3-4H2. The first-order chi connectivity index (χ1) is 7.18. The molecule has 0 fully saturated rings. The van der Waals surface area contributed by atoms with E-state index in [2.05, 4.69) is 4.99 Å². The molecular weight excluding hydrogens is 203 g/mol. The highest BCUT2D eigenvalue weighted by Crippen LogP contribution is 2.22. The average molecular weight is 210 g/mol. The van der Waals surface area contributed by atoms with Crippen molar-refractivity contribution in [3.63, 3.8) is 0 Å². The summed E-state index contributed by atoms with van der Waals surface area (Å²) in [7, 11) is 0.